The molecule has 1 rings (SSSR count). The Kier molecular flexibility index (Phi) is 4.49. The van der Waals surface area contributed by atoms with Gasteiger partial charge in [-0.25, -0.2) is 0 Å². The number of hydrogen-bond acceptors (Lipinski definition) is 3. The molecule has 0 radical (unpaired) electrons. The predicted octanol–water partition coefficient (Wildman–Crippen LogP) is 1.04. The molecule has 0 spiro atoms. The molecule has 1 heterocycles. The number of carbonyl (C=O) groups excluding carboxylic acids is 1. The Hall–Kier alpha value is -1.36. The minimum absolute atomic E-state index is 0.00914. The number of hydrogen-bond donors (Lipinski definition) is 1. The lowest BCUT2D eigenvalue weighted by molar-refractivity contribution is -0.118. The third kappa shape index (κ3) is 4.02. The highest BCUT2D eigenvalue weighted by atomic mass is 16.1. The van der Waals surface area contributed by atoms with Crippen LogP contribution in [0.1, 0.15) is 13.8 Å². The standard InChI is InChI=1S/C11H20N4O/c1-9(2)11(16)13-10-7-12-15(8-10)6-5-14(3)4/h7-9H,5-6H2,1-4H3,(H,13,16). The fourth-order valence-electron chi connectivity index (χ4n) is 1.14. The Bertz CT molecular complexity index is 344. The van der Waals surface area contributed by atoms with Crippen molar-refractivity contribution in [2.45, 2.75) is 20.4 Å². The summed E-state index contributed by atoms with van der Waals surface area (Å²) in [5.74, 6) is 0.0114. The average molecular weight is 224 g/mol. The SMILES string of the molecule is CC(C)C(=O)Nc1cnn(CCN(C)C)c1. The van der Waals surface area contributed by atoms with Gasteiger partial charge < -0.3 is 10.2 Å². The molecule has 1 aromatic rings. The number of nitrogens with one attached hydrogen (secondary N) is 1. The van der Waals surface area contributed by atoms with E-state index in [0.29, 0.717) is 0 Å². The molecular weight excluding hydrogens is 204 g/mol. The van der Waals surface area contributed by atoms with Gasteiger partial charge >= 0.3 is 0 Å². The van der Waals surface area contributed by atoms with Crippen LogP contribution in [-0.4, -0.2) is 41.2 Å². The van der Waals surface area contributed by atoms with E-state index in [1.54, 1.807) is 6.20 Å². The molecule has 90 valence electrons. The van der Waals surface area contributed by atoms with Crippen molar-refractivity contribution in [1.29, 1.82) is 0 Å². The summed E-state index contributed by atoms with van der Waals surface area (Å²) >= 11 is 0. The Labute approximate surface area is 96.4 Å². The summed E-state index contributed by atoms with van der Waals surface area (Å²) in [5, 5.41) is 6.99. The third-order valence-corrected chi connectivity index (χ3v) is 2.20. The molecule has 0 saturated carbocycles. The highest BCUT2D eigenvalue weighted by Crippen LogP contribution is 2.06. The van der Waals surface area contributed by atoms with E-state index in [2.05, 4.69) is 15.3 Å². The van der Waals surface area contributed by atoms with E-state index in [9.17, 15) is 4.79 Å². The highest BCUT2D eigenvalue weighted by Gasteiger charge is 2.08. The molecule has 0 atom stereocenters. The number of nitrogens with zero attached hydrogens (tertiary/aromatic N) is 3. The van der Waals surface area contributed by atoms with Crippen molar-refractivity contribution in [3.8, 4) is 0 Å². The van der Waals surface area contributed by atoms with Gasteiger partial charge in [-0.3, -0.25) is 9.48 Å². The summed E-state index contributed by atoms with van der Waals surface area (Å²) in [6.07, 6.45) is 3.53. The molecule has 0 aromatic carbocycles. The van der Waals surface area contributed by atoms with Gasteiger partial charge in [0.2, 0.25) is 5.91 Å². The van der Waals surface area contributed by atoms with Gasteiger partial charge in [-0.2, -0.15) is 5.10 Å². The normalized spacial score (nSPS) is 11.1. The van der Waals surface area contributed by atoms with E-state index in [0.717, 1.165) is 18.8 Å². The molecule has 0 aliphatic heterocycles. The van der Waals surface area contributed by atoms with Crippen LogP contribution in [0.15, 0.2) is 12.4 Å². The van der Waals surface area contributed by atoms with E-state index in [1.165, 1.54) is 0 Å². The van der Waals surface area contributed by atoms with Crippen molar-refractivity contribution >= 4 is 11.6 Å². The van der Waals surface area contributed by atoms with Crippen molar-refractivity contribution in [2.75, 3.05) is 26.0 Å². The number of likely N-dealkylation sites (N-methyl/N-ethyl adjacent to an activating group) is 1. The monoisotopic (exact) mass is 224 g/mol. The van der Waals surface area contributed by atoms with E-state index in [4.69, 9.17) is 0 Å². The maximum absolute atomic E-state index is 11.4. The topological polar surface area (TPSA) is 50.2 Å². The van der Waals surface area contributed by atoms with Crippen LogP contribution in [0.2, 0.25) is 0 Å². The summed E-state index contributed by atoms with van der Waals surface area (Å²) < 4.78 is 1.83. The van der Waals surface area contributed by atoms with Gasteiger partial charge in [-0.05, 0) is 14.1 Å². The van der Waals surface area contributed by atoms with E-state index in [1.807, 2.05) is 38.8 Å². The van der Waals surface area contributed by atoms with Gasteiger partial charge in [0.25, 0.3) is 0 Å². The zero-order chi connectivity index (χ0) is 12.1. The predicted molar refractivity (Wildman–Crippen MR) is 64.2 cm³/mol. The molecule has 1 N–H and O–H groups in total. The minimum Gasteiger partial charge on any atom is -0.323 e. The largest absolute Gasteiger partial charge is 0.323 e. The number of aromatic nitrogens is 2. The Morgan fingerprint density at radius 2 is 2.25 bits per heavy atom. The first kappa shape index (κ1) is 12.7. The van der Waals surface area contributed by atoms with Crippen molar-refractivity contribution in [2.24, 2.45) is 5.92 Å². The first-order valence-corrected chi connectivity index (χ1v) is 5.47. The maximum atomic E-state index is 11.4. The lowest BCUT2D eigenvalue weighted by Gasteiger charge is -2.08. The highest BCUT2D eigenvalue weighted by molar-refractivity contribution is 5.91. The zero-order valence-corrected chi connectivity index (χ0v) is 10.4. The van der Waals surface area contributed by atoms with Crippen LogP contribution in [0.25, 0.3) is 0 Å². The number of rotatable bonds is 5. The van der Waals surface area contributed by atoms with Crippen LogP contribution in [0.5, 0.6) is 0 Å². The lowest BCUT2D eigenvalue weighted by atomic mass is 10.2. The molecule has 5 heteroatoms. The Morgan fingerprint density at radius 3 is 2.81 bits per heavy atom. The second kappa shape index (κ2) is 5.65. The second-order valence-electron chi connectivity index (χ2n) is 4.44. The average Bonchev–Trinajstić information content (AvgIpc) is 2.62. The summed E-state index contributed by atoms with van der Waals surface area (Å²) in [4.78, 5) is 13.5. The first-order chi connectivity index (χ1) is 7.49. The van der Waals surface area contributed by atoms with E-state index in [-0.39, 0.29) is 11.8 Å². The van der Waals surface area contributed by atoms with Crippen molar-refractivity contribution in [1.82, 2.24) is 14.7 Å². The van der Waals surface area contributed by atoms with Crippen LogP contribution in [-0.2, 0) is 11.3 Å². The summed E-state index contributed by atoms with van der Waals surface area (Å²) in [5.41, 5.74) is 0.762. The summed E-state index contributed by atoms with van der Waals surface area (Å²) in [7, 11) is 4.04. The van der Waals surface area contributed by atoms with Crippen LogP contribution in [0, 0.1) is 5.92 Å². The molecule has 0 unspecified atom stereocenters. The van der Waals surface area contributed by atoms with Gasteiger partial charge in [0, 0.05) is 18.7 Å². The molecule has 0 saturated heterocycles. The lowest BCUT2D eigenvalue weighted by Crippen LogP contribution is -2.19. The smallest absolute Gasteiger partial charge is 0.227 e. The molecule has 0 aliphatic carbocycles. The molecule has 1 amide bonds. The van der Waals surface area contributed by atoms with Crippen LogP contribution in [0.4, 0.5) is 5.69 Å². The summed E-state index contributed by atoms with van der Waals surface area (Å²) in [6, 6.07) is 0. The maximum Gasteiger partial charge on any atom is 0.227 e. The first-order valence-electron chi connectivity index (χ1n) is 5.47. The minimum atomic E-state index is -0.00914. The Morgan fingerprint density at radius 1 is 1.56 bits per heavy atom. The van der Waals surface area contributed by atoms with Gasteiger partial charge in [-0.15, -0.1) is 0 Å². The quantitative estimate of drug-likeness (QED) is 0.813. The van der Waals surface area contributed by atoms with Gasteiger partial charge in [0.05, 0.1) is 18.4 Å². The number of carbonyl (C=O) groups is 1. The molecule has 0 aliphatic rings. The zero-order valence-electron chi connectivity index (χ0n) is 10.4. The van der Waals surface area contributed by atoms with Crippen LogP contribution in [0.3, 0.4) is 0 Å². The third-order valence-electron chi connectivity index (χ3n) is 2.20. The number of amides is 1. The van der Waals surface area contributed by atoms with Gasteiger partial charge in [-0.1, -0.05) is 13.8 Å². The molecule has 0 bridgehead atoms. The van der Waals surface area contributed by atoms with Crippen molar-refractivity contribution < 1.29 is 4.79 Å². The number of anilines is 1. The Balaban J connectivity index is 2.48. The molecule has 1 aromatic heterocycles. The van der Waals surface area contributed by atoms with Crippen LogP contribution < -0.4 is 5.32 Å². The van der Waals surface area contributed by atoms with Crippen LogP contribution >= 0.6 is 0 Å². The fourth-order valence-corrected chi connectivity index (χ4v) is 1.14. The molecule has 16 heavy (non-hydrogen) atoms. The van der Waals surface area contributed by atoms with Crippen molar-refractivity contribution in [3.05, 3.63) is 12.4 Å². The molecular formula is C11H20N4O. The van der Waals surface area contributed by atoms with Crippen molar-refractivity contribution in [3.63, 3.8) is 0 Å². The van der Waals surface area contributed by atoms with E-state index >= 15 is 0 Å². The fraction of sp³-hybridized carbons (Fsp3) is 0.636. The van der Waals surface area contributed by atoms with Gasteiger partial charge in [0.15, 0.2) is 0 Å². The van der Waals surface area contributed by atoms with E-state index < -0.39 is 0 Å². The van der Waals surface area contributed by atoms with Gasteiger partial charge in [0.1, 0.15) is 0 Å². The second-order valence-corrected chi connectivity index (χ2v) is 4.44. The molecule has 0 fully saturated rings. The molecule has 5 nitrogen and oxygen atoms in total. The summed E-state index contributed by atoms with van der Waals surface area (Å²) in [6.45, 7) is 5.49.